The van der Waals surface area contributed by atoms with Crippen LogP contribution in [0.3, 0.4) is 0 Å². The summed E-state index contributed by atoms with van der Waals surface area (Å²) in [6.45, 7) is 0.796. The predicted octanol–water partition coefficient (Wildman–Crippen LogP) is 2.35. The number of nitro benzene ring substituents is 1. The molecular formula is C10H10NO3. The molecule has 1 radical (unpaired) electrons. The lowest BCUT2D eigenvalue weighted by atomic mass is 10.1. The van der Waals surface area contributed by atoms with Gasteiger partial charge in [0.25, 0.3) is 5.69 Å². The van der Waals surface area contributed by atoms with Crippen molar-refractivity contribution < 1.29 is 10.0 Å². The first-order valence-corrected chi connectivity index (χ1v) is 4.48. The largest absolute Gasteiger partial charge is 0.385 e. The molecule has 0 aromatic heterocycles. The van der Waals surface area contributed by atoms with Gasteiger partial charge in [-0.05, 0) is 30.4 Å². The van der Waals surface area contributed by atoms with E-state index >= 15 is 0 Å². The molecular weight excluding hydrogens is 182 g/mol. The minimum absolute atomic E-state index is 0.0445. The molecule has 0 bridgehead atoms. The van der Waals surface area contributed by atoms with Crippen LogP contribution < -0.4 is 0 Å². The van der Waals surface area contributed by atoms with E-state index in [4.69, 9.17) is 5.11 Å². The van der Waals surface area contributed by atoms with Crippen LogP contribution in [0.4, 0.5) is 5.69 Å². The lowest BCUT2D eigenvalue weighted by molar-refractivity contribution is -0.385. The van der Waals surface area contributed by atoms with E-state index in [0.717, 1.165) is 25.0 Å². The Morgan fingerprint density at radius 1 is 1.50 bits per heavy atom. The van der Waals surface area contributed by atoms with Gasteiger partial charge < -0.3 is 5.11 Å². The molecule has 0 amide bonds. The van der Waals surface area contributed by atoms with Crippen LogP contribution in [0.5, 0.6) is 0 Å². The van der Waals surface area contributed by atoms with Crippen LogP contribution in [0.2, 0.25) is 0 Å². The van der Waals surface area contributed by atoms with E-state index in [2.05, 4.69) is 0 Å². The first kappa shape index (κ1) is 9.15. The first-order valence-electron chi connectivity index (χ1n) is 4.48. The highest BCUT2D eigenvalue weighted by Gasteiger charge is 2.25. The van der Waals surface area contributed by atoms with Crippen molar-refractivity contribution in [2.75, 3.05) is 0 Å². The molecule has 0 saturated heterocycles. The number of hydrogen-bond acceptors (Lipinski definition) is 3. The van der Waals surface area contributed by atoms with Gasteiger partial charge >= 0.3 is 0 Å². The van der Waals surface area contributed by atoms with Gasteiger partial charge in [0.05, 0.1) is 10.5 Å². The van der Waals surface area contributed by atoms with Crippen LogP contribution in [0.15, 0.2) is 18.2 Å². The van der Waals surface area contributed by atoms with E-state index in [-0.39, 0.29) is 5.69 Å². The van der Waals surface area contributed by atoms with Crippen LogP contribution >= 0.6 is 0 Å². The van der Waals surface area contributed by atoms with Crippen LogP contribution in [-0.2, 0) is 0 Å². The molecule has 73 valence electrons. The lowest BCUT2D eigenvalue weighted by Crippen LogP contribution is -1.95. The summed E-state index contributed by atoms with van der Waals surface area (Å²) >= 11 is 0. The average molecular weight is 192 g/mol. The number of nitro groups is 1. The van der Waals surface area contributed by atoms with Gasteiger partial charge in [-0.1, -0.05) is 6.07 Å². The van der Waals surface area contributed by atoms with Gasteiger partial charge in [0.2, 0.25) is 0 Å². The van der Waals surface area contributed by atoms with Crippen molar-refractivity contribution in [2.24, 2.45) is 0 Å². The zero-order chi connectivity index (χ0) is 10.1. The molecule has 1 aliphatic carbocycles. The first-order chi connectivity index (χ1) is 6.72. The standard InChI is InChI=1S/C10H10NO3/c12-6-9-5-8(7-1-2-7)3-4-10(9)11(13)14/h3-7,12H,1-2H2. The molecule has 1 N–H and O–H groups in total. The number of nitrogens with zero attached hydrogens (tertiary/aromatic N) is 1. The van der Waals surface area contributed by atoms with Crippen LogP contribution in [0.1, 0.15) is 29.9 Å². The Kier molecular flexibility index (Phi) is 2.21. The maximum absolute atomic E-state index is 10.6. The average Bonchev–Trinajstić information content (AvgIpc) is 3.00. The molecule has 1 aliphatic rings. The predicted molar refractivity (Wildman–Crippen MR) is 50.4 cm³/mol. The summed E-state index contributed by atoms with van der Waals surface area (Å²) in [7, 11) is 0. The third kappa shape index (κ3) is 1.61. The highest BCUT2D eigenvalue weighted by Crippen LogP contribution is 2.41. The van der Waals surface area contributed by atoms with Crippen LogP contribution in [0.25, 0.3) is 0 Å². The van der Waals surface area contributed by atoms with E-state index in [1.54, 1.807) is 12.1 Å². The molecule has 2 rings (SSSR count). The van der Waals surface area contributed by atoms with Gasteiger partial charge in [-0.25, -0.2) is 0 Å². The van der Waals surface area contributed by atoms with Crippen molar-refractivity contribution in [3.63, 3.8) is 0 Å². The summed E-state index contributed by atoms with van der Waals surface area (Å²) in [5.41, 5.74) is 1.33. The van der Waals surface area contributed by atoms with Crippen molar-refractivity contribution in [3.8, 4) is 0 Å². The molecule has 4 nitrogen and oxygen atoms in total. The number of rotatable bonds is 3. The quantitative estimate of drug-likeness (QED) is 0.590. The number of hydrogen-bond donors (Lipinski definition) is 1. The SMILES string of the molecule is O=[N+]([O-])c1ccc(C2CC2)cc1[CH]O. The number of aliphatic hydroxyl groups excluding tert-OH is 1. The Morgan fingerprint density at radius 3 is 2.71 bits per heavy atom. The molecule has 0 heterocycles. The lowest BCUT2D eigenvalue weighted by Gasteiger charge is -2.02. The fourth-order valence-corrected chi connectivity index (χ4v) is 1.51. The smallest absolute Gasteiger partial charge is 0.275 e. The summed E-state index contributed by atoms with van der Waals surface area (Å²) in [5.74, 6) is 0.537. The minimum atomic E-state index is -0.487. The normalized spacial score (nSPS) is 15.5. The van der Waals surface area contributed by atoms with Gasteiger partial charge in [0.1, 0.15) is 6.61 Å². The molecule has 1 fully saturated rings. The highest BCUT2D eigenvalue weighted by atomic mass is 16.6. The Hall–Kier alpha value is -1.42. The minimum Gasteiger partial charge on any atom is -0.385 e. The molecule has 1 aromatic rings. The summed E-state index contributed by atoms with van der Waals surface area (Å²) in [6.07, 6.45) is 2.28. The third-order valence-corrected chi connectivity index (χ3v) is 2.44. The summed E-state index contributed by atoms with van der Waals surface area (Å²) in [5, 5.41) is 19.4. The molecule has 0 aliphatic heterocycles. The monoisotopic (exact) mass is 192 g/mol. The Bertz CT molecular complexity index is 372. The third-order valence-electron chi connectivity index (χ3n) is 2.44. The van der Waals surface area contributed by atoms with E-state index < -0.39 is 4.92 Å². The topological polar surface area (TPSA) is 63.4 Å². The molecule has 0 atom stereocenters. The zero-order valence-corrected chi connectivity index (χ0v) is 7.51. The van der Waals surface area contributed by atoms with Gasteiger partial charge in [0, 0.05) is 6.07 Å². The fourth-order valence-electron chi connectivity index (χ4n) is 1.51. The molecule has 1 aromatic carbocycles. The summed E-state index contributed by atoms with van der Waals surface area (Å²) in [4.78, 5) is 10.1. The molecule has 4 heteroatoms. The highest BCUT2D eigenvalue weighted by molar-refractivity contribution is 5.47. The van der Waals surface area contributed by atoms with Gasteiger partial charge in [-0.3, -0.25) is 10.1 Å². The second-order valence-corrected chi connectivity index (χ2v) is 3.48. The van der Waals surface area contributed by atoms with Crippen molar-refractivity contribution in [3.05, 3.63) is 46.0 Å². The second kappa shape index (κ2) is 3.38. The summed E-state index contributed by atoms with van der Waals surface area (Å²) in [6, 6.07) is 4.91. The summed E-state index contributed by atoms with van der Waals surface area (Å²) < 4.78 is 0. The molecule has 0 spiro atoms. The molecule has 0 unspecified atom stereocenters. The van der Waals surface area contributed by atoms with Crippen LogP contribution in [0, 0.1) is 16.7 Å². The Morgan fingerprint density at radius 2 is 2.21 bits per heavy atom. The fraction of sp³-hybridized carbons (Fsp3) is 0.300. The van der Waals surface area contributed by atoms with E-state index in [1.807, 2.05) is 0 Å². The van der Waals surface area contributed by atoms with Gasteiger partial charge in [-0.15, -0.1) is 0 Å². The van der Waals surface area contributed by atoms with E-state index in [9.17, 15) is 10.1 Å². The van der Waals surface area contributed by atoms with Crippen molar-refractivity contribution in [2.45, 2.75) is 18.8 Å². The van der Waals surface area contributed by atoms with Gasteiger partial charge in [0.15, 0.2) is 0 Å². The van der Waals surface area contributed by atoms with Crippen molar-refractivity contribution >= 4 is 5.69 Å². The number of benzene rings is 1. The van der Waals surface area contributed by atoms with Crippen molar-refractivity contribution in [1.29, 1.82) is 0 Å². The van der Waals surface area contributed by atoms with E-state index in [1.165, 1.54) is 6.07 Å². The zero-order valence-electron chi connectivity index (χ0n) is 7.51. The van der Waals surface area contributed by atoms with Gasteiger partial charge in [-0.2, -0.15) is 0 Å². The Labute approximate surface area is 81.3 Å². The number of aliphatic hydroxyl groups is 1. The van der Waals surface area contributed by atoms with E-state index in [0.29, 0.717) is 11.5 Å². The van der Waals surface area contributed by atoms with Crippen LogP contribution in [-0.4, -0.2) is 10.0 Å². The maximum atomic E-state index is 10.6. The second-order valence-electron chi connectivity index (χ2n) is 3.48. The maximum Gasteiger partial charge on any atom is 0.275 e. The van der Waals surface area contributed by atoms with Crippen molar-refractivity contribution in [1.82, 2.24) is 0 Å². The molecule has 1 saturated carbocycles. The molecule has 14 heavy (non-hydrogen) atoms. The Balaban J connectivity index is 2.38.